The third-order valence-electron chi connectivity index (χ3n) is 4.05. The first kappa shape index (κ1) is 19.0. The van der Waals surface area contributed by atoms with Crippen LogP contribution in [-0.2, 0) is 9.59 Å². The van der Waals surface area contributed by atoms with Crippen molar-refractivity contribution >= 4 is 34.8 Å². The normalized spacial score (nSPS) is 10.5. The summed E-state index contributed by atoms with van der Waals surface area (Å²) in [6.07, 6.45) is 0. The van der Waals surface area contributed by atoms with Crippen LogP contribution in [0.5, 0.6) is 0 Å². The molecule has 2 rings (SSSR count). The summed E-state index contributed by atoms with van der Waals surface area (Å²) in [5.41, 5.74) is 5.43. The lowest BCUT2D eigenvalue weighted by atomic mass is 10.0. The maximum Gasteiger partial charge on any atom is 0.244 e. The van der Waals surface area contributed by atoms with Gasteiger partial charge in [0.15, 0.2) is 0 Å². The molecule has 0 aromatic heterocycles. The van der Waals surface area contributed by atoms with E-state index in [-0.39, 0.29) is 18.4 Å². The molecule has 2 aromatic carbocycles. The topological polar surface area (TPSA) is 49.4 Å². The zero-order chi connectivity index (χ0) is 18.7. The highest BCUT2D eigenvalue weighted by Gasteiger charge is 2.20. The molecule has 2 aromatic rings. The van der Waals surface area contributed by atoms with Crippen molar-refractivity contribution in [1.29, 1.82) is 0 Å². The maximum absolute atomic E-state index is 12.5. The fraction of sp³-hybridized carbons (Fsp3) is 0.300. The van der Waals surface area contributed by atoms with E-state index in [0.29, 0.717) is 10.7 Å². The number of halogens is 1. The predicted molar refractivity (Wildman–Crippen MR) is 103 cm³/mol. The Labute approximate surface area is 153 Å². The largest absolute Gasteiger partial charge is 0.324 e. The van der Waals surface area contributed by atoms with E-state index in [1.807, 2.05) is 39.8 Å². The van der Waals surface area contributed by atoms with Crippen LogP contribution in [0.3, 0.4) is 0 Å². The van der Waals surface area contributed by atoms with Gasteiger partial charge in [-0.25, -0.2) is 0 Å². The van der Waals surface area contributed by atoms with Gasteiger partial charge in [0.2, 0.25) is 11.8 Å². The van der Waals surface area contributed by atoms with Crippen LogP contribution in [0, 0.1) is 27.7 Å². The van der Waals surface area contributed by atoms with E-state index in [1.54, 1.807) is 18.2 Å². The standard InChI is InChI=1S/C20H23ClN2O2/c1-12-8-14(3)20(15(4)9-12)23(16(5)24)11-19(25)22-18-7-6-17(21)10-13(18)2/h6-10H,11H2,1-5H3,(H,22,25). The van der Waals surface area contributed by atoms with Crippen LogP contribution < -0.4 is 10.2 Å². The molecule has 25 heavy (non-hydrogen) atoms. The van der Waals surface area contributed by atoms with Gasteiger partial charge in [0.1, 0.15) is 6.54 Å². The molecule has 0 saturated carbocycles. The van der Waals surface area contributed by atoms with Gasteiger partial charge in [-0.2, -0.15) is 0 Å². The number of amides is 2. The zero-order valence-corrected chi connectivity index (χ0v) is 16.0. The van der Waals surface area contributed by atoms with Crippen molar-refractivity contribution in [2.45, 2.75) is 34.6 Å². The Morgan fingerprint density at radius 1 is 1.00 bits per heavy atom. The predicted octanol–water partition coefficient (Wildman–Crippen LogP) is 4.57. The molecule has 0 saturated heterocycles. The SMILES string of the molecule is CC(=O)N(CC(=O)Nc1ccc(Cl)cc1C)c1c(C)cc(C)cc1C. The molecule has 2 amide bonds. The number of aryl methyl sites for hydroxylation is 4. The van der Waals surface area contributed by atoms with Gasteiger partial charge in [0, 0.05) is 17.6 Å². The second kappa shape index (κ2) is 7.70. The van der Waals surface area contributed by atoms with Gasteiger partial charge < -0.3 is 10.2 Å². The van der Waals surface area contributed by atoms with Gasteiger partial charge in [-0.3, -0.25) is 9.59 Å². The smallest absolute Gasteiger partial charge is 0.244 e. The molecule has 0 spiro atoms. The maximum atomic E-state index is 12.5. The van der Waals surface area contributed by atoms with Crippen LogP contribution in [0.2, 0.25) is 5.02 Å². The highest BCUT2D eigenvalue weighted by atomic mass is 35.5. The molecule has 0 aliphatic rings. The summed E-state index contributed by atoms with van der Waals surface area (Å²) in [6.45, 7) is 9.22. The second-order valence-corrected chi connectivity index (χ2v) is 6.80. The lowest BCUT2D eigenvalue weighted by Crippen LogP contribution is -2.37. The van der Waals surface area contributed by atoms with E-state index in [4.69, 9.17) is 11.6 Å². The number of hydrogen-bond donors (Lipinski definition) is 1. The third-order valence-corrected chi connectivity index (χ3v) is 4.28. The van der Waals surface area contributed by atoms with Crippen molar-refractivity contribution < 1.29 is 9.59 Å². The Morgan fingerprint density at radius 2 is 1.60 bits per heavy atom. The molecule has 0 bridgehead atoms. The highest BCUT2D eigenvalue weighted by molar-refractivity contribution is 6.30. The molecule has 4 nitrogen and oxygen atoms in total. The number of benzene rings is 2. The van der Waals surface area contributed by atoms with Crippen molar-refractivity contribution in [2.24, 2.45) is 0 Å². The van der Waals surface area contributed by atoms with E-state index in [9.17, 15) is 9.59 Å². The Balaban J connectivity index is 2.25. The van der Waals surface area contributed by atoms with Gasteiger partial charge in [-0.05, 0) is 62.6 Å². The van der Waals surface area contributed by atoms with Crippen LogP contribution in [0.15, 0.2) is 30.3 Å². The quantitative estimate of drug-likeness (QED) is 0.870. The number of rotatable bonds is 4. The van der Waals surface area contributed by atoms with Crippen molar-refractivity contribution in [1.82, 2.24) is 0 Å². The molecule has 0 fully saturated rings. The summed E-state index contributed by atoms with van der Waals surface area (Å²) in [7, 11) is 0. The van der Waals surface area contributed by atoms with Crippen LogP contribution in [0.25, 0.3) is 0 Å². The molecule has 1 N–H and O–H groups in total. The molecule has 5 heteroatoms. The second-order valence-electron chi connectivity index (χ2n) is 6.36. The van der Waals surface area contributed by atoms with Crippen molar-refractivity contribution in [2.75, 3.05) is 16.8 Å². The van der Waals surface area contributed by atoms with E-state index < -0.39 is 0 Å². The average molecular weight is 359 g/mol. The number of carbonyl (C=O) groups is 2. The first-order valence-electron chi connectivity index (χ1n) is 8.11. The van der Waals surface area contributed by atoms with Crippen molar-refractivity contribution in [3.05, 3.63) is 57.6 Å². The number of anilines is 2. The minimum Gasteiger partial charge on any atom is -0.324 e. The molecular weight excluding hydrogens is 336 g/mol. The Morgan fingerprint density at radius 3 is 2.12 bits per heavy atom. The van der Waals surface area contributed by atoms with Crippen LogP contribution in [0.4, 0.5) is 11.4 Å². The van der Waals surface area contributed by atoms with Gasteiger partial charge >= 0.3 is 0 Å². The molecule has 0 radical (unpaired) electrons. The summed E-state index contributed by atoms with van der Waals surface area (Å²) in [5.74, 6) is -0.418. The van der Waals surface area contributed by atoms with Gasteiger partial charge in [-0.15, -0.1) is 0 Å². The van der Waals surface area contributed by atoms with E-state index in [1.165, 1.54) is 11.8 Å². The number of carbonyl (C=O) groups excluding carboxylic acids is 2. The van der Waals surface area contributed by atoms with E-state index >= 15 is 0 Å². The van der Waals surface area contributed by atoms with Crippen LogP contribution in [-0.4, -0.2) is 18.4 Å². The van der Waals surface area contributed by atoms with Crippen molar-refractivity contribution in [3.8, 4) is 0 Å². The fourth-order valence-corrected chi connectivity index (χ4v) is 3.27. The summed E-state index contributed by atoms with van der Waals surface area (Å²) in [6, 6.07) is 9.30. The van der Waals surface area contributed by atoms with Gasteiger partial charge in [0.05, 0.1) is 5.69 Å². The van der Waals surface area contributed by atoms with Gasteiger partial charge in [0.25, 0.3) is 0 Å². The first-order valence-corrected chi connectivity index (χ1v) is 8.48. The monoisotopic (exact) mass is 358 g/mol. The molecule has 0 unspecified atom stereocenters. The number of nitrogens with one attached hydrogen (secondary N) is 1. The molecule has 0 atom stereocenters. The first-order chi connectivity index (χ1) is 11.7. The molecule has 132 valence electrons. The highest BCUT2D eigenvalue weighted by Crippen LogP contribution is 2.27. The van der Waals surface area contributed by atoms with Gasteiger partial charge in [-0.1, -0.05) is 29.3 Å². The Bertz CT molecular complexity index is 807. The van der Waals surface area contributed by atoms with Crippen molar-refractivity contribution in [3.63, 3.8) is 0 Å². The molecule has 0 aliphatic carbocycles. The molecule has 0 aliphatic heterocycles. The zero-order valence-electron chi connectivity index (χ0n) is 15.2. The number of nitrogens with zero attached hydrogens (tertiary/aromatic N) is 1. The molecular formula is C20H23ClN2O2. The van der Waals surface area contributed by atoms with Crippen LogP contribution >= 0.6 is 11.6 Å². The lowest BCUT2D eigenvalue weighted by molar-refractivity contribution is -0.120. The number of hydrogen-bond acceptors (Lipinski definition) is 2. The fourth-order valence-electron chi connectivity index (χ4n) is 3.05. The van der Waals surface area contributed by atoms with E-state index in [0.717, 1.165) is 27.9 Å². The van der Waals surface area contributed by atoms with Crippen LogP contribution in [0.1, 0.15) is 29.2 Å². The minimum atomic E-state index is -0.250. The summed E-state index contributed by atoms with van der Waals surface area (Å²) in [5, 5.41) is 3.47. The summed E-state index contributed by atoms with van der Waals surface area (Å²) in [4.78, 5) is 26.2. The molecule has 0 heterocycles. The summed E-state index contributed by atoms with van der Waals surface area (Å²) < 4.78 is 0. The Hall–Kier alpha value is -2.33. The third kappa shape index (κ3) is 4.60. The lowest BCUT2D eigenvalue weighted by Gasteiger charge is -2.25. The summed E-state index contributed by atoms with van der Waals surface area (Å²) >= 11 is 5.94. The van der Waals surface area contributed by atoms with E-state index in [2.05, 4.69) is 5.32 Å². The minimum absolute atomic E-state index is 0.0395. The Kier molecular flexibility index (Phi) is 5.85. The average Bonchev–Trinajstić information content (AvgIpc) is 2.48.